The summed E-state index contributed by atoms with van der Waals surface area (Å²) in [5.41, 5.74) is 0.760. The van der Waals surface area contributed by atoms with E-state index in [1.807, 2.05) is 12.1 Å². The number of para-hydroxylation sites is 1. The van der Waals surface area contributed by atoms with Gasteiger partial charge < -0.3 is 10.1 Å². The standard InChI is InChI=1S/C16H23NO3S/c1-21(18,19)15-7-3-2-6-14(15)17-13-8-11-20-16(12-13)9-4-5-10-16/h2-3,6-7,13,17H,4-5,8-12H2,1H3. The molecule has 0 aromatic heterocycles. The Labute approximate surface area is 126 Å². The Morgan fingerprint density at radius 3 is 2.67 bits per heavy atom. The average Bonchev–Trinajstić information content (AvgIpc) is 2.86. The number of ether oxygens (including phenoxy) is 1. The monoisotopic (exact) mass is 309 g/mol. The van der Waals surface area contributed by atoms with E-state index in [1.165, 1.54) is 19.1 Å². The van der Waals surface area contributed by atoms with Crippen LogP contribution in [0.15, 0.2) is 29.2 Å². The van der Waals surface area contributed by atoms with Crippen LogP contribution in [0.1, 0.15) is 38.5 Å². The lowest BCUT2D eigenvalue weighted by Gasteiger charge is -2.39. The normalized spacial score (nSPS) is 25.1. The first-order chi connectivity index (χ1) is 9.99. The molecule has 1 atom stereocenters. The third kappa shape index (κ3) is 3.24. The van der Waals surface area contributed by atoms with Crippen molar-refractivity contribution in [2.45, 2.75) is 55.1 Å². The van der Waals surface area contributed by atoms with Gasteiger partial charge in [0.05, 0.1) is 16.2 Å². The third-order valence-corrected chi connectivity index (χ3v) is 5.81. The molecule has 21 heavy (non-hydrogen) atoms. The third-order valence-electron chi connectivity index (χ3n) is 4.65. The van der Waals surface area contributed by atoms with Gasteiger partial charge in [-0.1, -0.05) is 25.0 Å². The maximum absolute atomic E-state index is 11.9. The fourth-order valence-electron chi connectivity index (χ4n) is 3.65. The van der Waals surface area contributed by atoms with Crippen LogP contribution in [-0.2, 0) is 14.6 Å². The molecule has 1 spiro atoms. The van der Waals surface area contributed by atoms with Crippen molar-refractivity contribution in [2.24, 2.45) is 0 Å². The predicted molar refractivity (Wildman–Crippen MR) is 83.3 cm³/mol. The van der Waals surface area contributed by atoms with E-state index in [9.17, 15) is 8.42 Å². The lowest BCUT2D eigenvalue weighted by atomic mass is 9.89. The Balaban J connectivity index is 1.78. The van der Waals surface area contributed by atoms with Crippen LogP contribution in [0.4, 0.5) is 5.69 Å². The number of rotatable bonds is 3. The molecule has 0 bridgehead atoms. The fraction of sp³-hybridized carbons (Fsp3) is 0.625. The van der Waals surface area contributed by atoms with E-state index in [2.05, 4.69) is 5.32 Å². The Bertz CT molecular complexity index is 606. The van der Waals surface area contributed by atoms with Gasteiger partial charge in [-0.2, -0.15) is 0 Å². The first kappa shape index (κ1) is 14.9. The highest BCUT2D eigenvalue weighted by Gasteiger charge is 2.40. The lowest BCUT2D eigenvalue weighted by Crippen LogP contribution is -2.42. The second-order valence-corrected chi connectivity index (χ2v) is 8.33. The highest BCUT2D eigenvalue weighted by Crippen LogP contribution is 2.40. The van der Waals surface area contributed by atoms with Crippen molar-refractivity contribution in [3.8, 4) is 0 Å². The Morgan fingerprint density at radius 2 is 1.95 bits per heavy atom. The van der Waals surface area contributed by atoms with Gasteiger partial charge in [-0.25, -0.2) is 8.42 Å². The molecule has 1 aromatic rings. The van der Waals surface area contributed by atoms with Crippen molar-refractivity contribution in [3.63, 3.8) is 0 Å². The van der Waals surface area contributed by atoms with Gasteiger partial charge in [0.1, 0.15) is 0 Å². The minimum Gasteiger partial charge on any atom is -0.381 e. The van der Waals surface area contributed by atoms with E-state index in [0.29, 0.717) is 10.9 Å². The minimum absolute atomic E-state index is 0.0376. The Kier molecular flexibility index (Phi) is 3.97. The molecule has 1 aromatic carbocycles. The summed E-state index contributed by atoms with van der Waals surface area (Å²) in [4.78, 5) is 0.386. The molecular weight excluding hydrogens is 286 g/mol. The Hall–Kier alpha value is -1.07. The van der Waals surface area contributed by atoms with Crippen molar-refractivity contribution < 1.29 is 13.2 Å². The van der Waals surface area contributed by atoms with E-state index in [1.54, 1.807) is 12.1 Å². The minimum atomic E-state index is -3.21. The molecular formula is C16H23NO3S. The highest BCUT2D eigenvalue weighted by molar-refractivity contribution is 7.90. The zero-order valence-corrected chi connectivity index (χ0v) is 13.3. The molecule has 1 unspecified atom stereocenters. The van der Waals surface area contributed by atoms with Gasteiger partial charge in [-0.15, -0.1) is 0 Å². The molecule has 3 rings (SSSR count). The van der Waals surface area contributed by atoms with E-state index in [4.69, 9.17) is 4.74 Å². The van der Waals surface area contributed by atoms with Crippen molar-refractivity contribution in [3.05, 3.63) is 24.3 Å². The lowest BCUT2D eigenvalue weighted by molar-refractivity contribution is -0.0767. The molecule has 4 nitrogen and oxygen atoms in total. The van der Waals surface area contributed by atoms with Gasteiger partial charge >= 0.3 is 0 Å². The van der Waals surface area contributed by atoms with Crippen LogP contribution in [0, 0.1) is 0 Å². The van der Waals surface area contributed by atoms with Crippen molar-refractivity contribution >= 4 is 15.5 Å². The van der Waals surface area contributed by atoms with Gasteiger partial charge in [-0.05, 0) is 37.8 Å². The number of anilines is 1. The van der Waals surface area contributed by atoms with E-state index >= 15 is 0 Å². The van der Waals surface area contributed by atoms with Crippen molar-refractivity contribution in [1.82, 2.24) is 0 Å². The average molecular weight is 309 g/mol. The maximum atomic E-state index is 11.9. The SMILES string of the molecule is CS(=O)(=O)c1ccccc1NC1CCOC2(CCCC2)C1. The van der Waals surface area contributed by atoms with Gasteiger partial charge in [0.2, 0.25) is 0 Å². The first-order valence-electron chi connectivity index (χ1n) is 7.68. The van der Waals surface area contributed by atoms with E-state index in [0.717, 1.165) is 38.0 Å². The topological polar surface area (TPSA) is 55.4 Å². The van der Waals surface area contributed by atoms with E-state index < -0.39 is 9.84 Å². The van der Waals surface area contributed by atoms with E-state index in [-0.39, 0.29) is 5.60 Å². The van der Waals surface area contributed by atoms with Gasteiger partial charge in [0.25, 0.3) is 0 Å². The summed E-state index contributed by atoms with van der Waals surface area (Å²) in [7, 11) is -3.21. The first-order valence-corrected chi connectivity index (χ1v) is 9.57. The van der Waals surface area contributed by atoms with Crippen LogP contribution < -0.4 is 5.32 Å². The van der Waals surface area contributed by atoms with Crippen molar-refractivity contribution in [1.29, 1.82) is 0 Å². The number of hydrogen-bond acceptors (Lipinski definition) is 4. The molecule has 1 aliphatic carbocycles. The molecule has 1 N–H and O–H groups in total. The van der Waals surface area contributed by atoms with Crippen LogP contribution in [0.3, 0.4) is 0 Å². The Morgan fingerprint density at radius 1 is 1.24 bits per heavy atom. The van der Waals surface area contributed by atoms with Gasteiger partial charge in [-0.3, -0.25) is 0 Å². The number of sulfone groups is 1. The van der Waals surface area contributed by atoms with Crippen molar-refractivity contribution in [2.75, 3.05) is 18.2 Å². The molecule has 2 fully saturated rings. The molecule has 0 radical (unpaired) electrons. The fourth-order valence-corrected chi connectivity index (χ4v) is 4.50. The van der Waals surface area contributed by atoms with Crippen LogP contribution in [-0.4, -0.2) is 32.9 Å². The molecule has 1 saturated carbocycles. The molecule has 1 aliphatic heterocycles. The number of benzene rings is 1. The summed E-state index contributed by atoms with van der Waals surface area (Å²) in [5.74, 6) is 0. The molecule has 5 heteroatoms. The smallest absolute Gasteiger partial charge is 0.177 e. The summed E-state index contributed by atoms with van der Waals surface area (Å²) in [6.45, 7) is 0.763. The van der Waals surface area contributed by atoms with Gasteiger partial charge in [0, 0.05) is 18.9 Å². The molecule has 116 valence electrons. The number of nitrogens with one attached hydrogen (secondary N) is 1. The van der Waals surface area contributed by atoms with Crippen LogP contribution in [0.5, 0.6) is 0 Å². The zero-order valence-electron chi connectivity index (χ0n) is 12.5. The highest BCUT2D eigenvalue weighted by atomic mass is 32.2. The van der Waals surface area contributed by atoms with Gasteiger partial charge in [0.15, 0.2) is 9.84 Å². The molecule has 0 amide bonds. The second-order valence-electron chi connectivity index (χ2n) is 6.34. The van der Waals surface area contributed by atoms with Crippen LogP contribution in [0.25, 0.3) is 0 Å². The number of hydrogen-bond donors (Lipinski definition) is 1. The quantitative estimate of drug-likeness (QED) is 0.932. The molecule has 2 aliphatic rings. The van der Waals surface area contributed by atoms with Crippen LogP contribution >= 0.6 is 0 Å². The largest absolute Gasteiger partial charge is 0.381 e. The summed E-state index contributed by atoms with van der Waals surface area (Å²) in [5, 5.41) is 3.45. The molecule has 1 heterocycles. The maximum Gasteiger partial charge on any atom is 0.177 e. The predicted octanol–water partition coefficient (Wildman–Crippen LogP) is 2.99. The summed E-state index contributed by atoms with van der Waals surface area (Å²) in [6, 6.07) is 7.46. The second kappa shape index (κ2) is 5.61. The summed E-state index contributed by atoms with van der Waals surface area (Å²) in [6.07, 6.45) is 7.93. The van der Waals surface area contributed by atoms with Crippen LogP contribution in [0.2, 0.25) is 0 Å². The zero-order chi connectivity index (χ0) is 14.9. The summed E-state index contributed by atoms with van der Waals surface area (Å²) < 4.78 is 29.8. The molecule has 1 saturated heterocycles. The summed E-state index contributed by atoms with van der Waals surface area (Å²) >= 11 is 0.